The van der Waals surface area contributed by atoms with E-state index >= 15 is 0 Å². The Labute approximate surface area is 156 Å². The summed E-state index contributed by atoms with van der Waals surface area (Å²) in [5.41, 5.74) is 0.818. The summed E-state index contributed by atoms with van der Waals surface area (Å²) in [6.07, 6.45) is 1.60. The molecule has 27 heavy (non-hydrogen) atoms. The summed E-state index contributed by atoms with van der Waals surface area (Å²) in [5.74, 6) is 2.54. The number of amides is 1. The van der Waals surface area contributed by atoms with E-state index < -0.39 is 0 Å². The number of nitrogens with one attached hydrogen (secondary N) is 2. The molecule has 2 aromatic heterocycles. The number of methoxy groups -OCH3 is 2. The van der Waals surface area contributed by atoms with Crippen molar-refractivity contribution >= 4 is 17.4 Å². The molecular formula is C19H20N4O4. The SMILES string of the molecule is COc1ccc(NC(=O)c2cc(NCc3ccco3)nc(C)n2)cc1OC. The Bertz CT molecular complexity index is 925. The summed E-state index contributed by atoms with van der Waals surface area (Å²) in [6, 6.07) is 10.4. The molecule has 0 aliphatic carbocycles. The number of aryl methyl sites for hydroxylation is 1. The van der Waals surface area contributed by atoms with Crippen LogP contribution in [0.25, 0.3) is 0 Å². The van der Waals surface area contributed by atoms with Crippen LogP contribution in [-0.2, 0) is 6.54 Å². The van der Waals surface area contributed by atoms with E-state index in [0.717, 1.165) is 5.76 Å². The van der Waals surface area contributed by atoms with E-state index in [1.165, 1.54) is 7.11 Å². The molecule has 1 aromatic carbocycles. The minimum Gasteiger partial charge on any atom is -0.493 e. The normalized spacial score (nSPS) is 10.3. The number of nitrogens with zero attached hydrogens (tertiary/aromatic N) is 2. The average Bonchev–Trinajstić information content (AvgIpc) is 3.19. The van der Waals surface area contributed by atoms with Crippen molar-refractivity contribution in [1.29, 1.82) is 0 Å². The second kappa shape index (κ2) is 8.22. The van der Waals surface area contributed by atoms with Gasteiger partial charge in [-0.25, -0.2) is 9.97 Å². The molecule has 0 bridgehead atoms. The van der Waals surface area contributed by atoms with Crippen molar-refractivity contribution in [3.8, 4) is 11.5 Å². The maximum Gasteiger partial charge on any atom is 0.274 e. The van der Waals surface area contributed by atoms with Crippen molar-refractivity contribution in [3.05, 3.63) is 59.9 Å². The number of carbonyl (C=O) groups excluding carboxylic acids is 1. The van der Waals surface area contributed by atoms with Crippen LogP contribution in [0.4, 0.5) is 11.5 Å². The zero-order valence-corrected chi connectivity index (χ0v) is 15.3. The van der Waals surface area contributed by atoms with Gasteiger partial charge in [0, 0.05) is 17.8 Å². The standard InChI is InChI=1S/C19H20N4O4/c1-12-21-15(10-18(22-12)20-11-14-5-4-8-27-14)19(24)23-13-6-7-16(25-2)17(9-13)26-3/h4-10H,11H2,1-3H3,(H,23,24)(H,20,21,22). The van der Waals surface area contributed by atoms with E-state index in [4.69, 9.17) is 13.9 Å². The van der Waals surface area contributed by atoms with Crippen LogP contribution in [0, 0.1) is 6.92 Å². The molecule has 3 rings (SSSR count). The van der Waals surface area contributed by atoms with Crippen molar-refractivity contribution in [2.24, 2.45) is 0 Å². The van der Waals surface area contributed by atoms with Gasteiger partial charge in [-0.05, 0) is 31.2 Å². The van der Waals surface area contributed by atoms with Gasteiger partial charge in [0.05, 0.1) is 27.0 Å². The van der Waals surface area contributed by atoms with E-state index in [2.05, 4.69) is 20.6 Å². The molecule has 8 nitrogen and oxygen atoms in total. The second-order valence-electron chi connectivity index (χ2n) is 5.64. The van der Waals surface area contributed by atoms with Crippen LogP contribution < -0.4 is 20.1 Å². The summed E-state index contributed by atoms with van der Waals surface area (Å²) >= 11 is 0. The maximum absolute atomic E-state index is 12.6. The molecule has 140 valence electrons. The number of hydrogen-bond acceptors (Lipinski definition) is 7. The van der Waals surface area contributed by atoms with E-state index in [1.807, 2.05) is 12.1 Å². The number of aromatic nitrogens is 2. The van der Waals surface area contributed by atoms with Gasteiger partial charge in [0.1, 0.15) is 23.1 Å². The molecule has 1 amide bonds. The molecule has 0 aliphatic rings. The van der Waals surface area contributed by atoms with Crippen LogP contribution in [0.2, 0.25) is 0 Å². The molecule has 2 N–H and O–H groups in total. The number of hydrogen-bond donors (Lipinski definition) is 2. The zero-order valence-electron chi connectivity index (χ0n) is 15.3. The number of furan rings is 1. The monoisotopic (exact) mass is 368 g/mol. The molecule has 0 fully saturated rings. The highest BCUT2D eigenvalue weighted by molar-refractivity contribution is 6.03. The lowest BCUT2D eigenvalue weighted by molar-refractivity contribution is 0.102. The summed E-state index contributed by atoms with van der Waals surface area (Å²) in [6.45, 7) is 2.19. The van der Waals surface area contributed by atoms with Crippen LogP contribution in [0.15, 0.2) is 47.1 Å². The van der Waals surface area contributed by atoms with E-state index in [1.54, 1.807) is 44.6 Å². The first kappa shape index (κ1) is 18.2. The van der Waals surface area contributed by atoms with Crippen LogP contribution in [0.1, 0.15) is 22.1 Å². The largest absolute Gasteiger partial charge is 0.493 e. The molecule has 0 unspecified atom stereocenters. The van der Waals surface area contributed by atoms with Crippen molar-refractivity contribution < 1.29 is 18.7 Å². The third-order valence-electron chi connectivity index (χ3n) is 3.74. The summed E-state index contributed by atoms with van der Waals surface area (Å²) in [4.78, 5) is 21.1. The molecule has 0 saturated heterocycles. The first-order valence-electron chi connectivity index (χ1n) is 8.24. The number of anilines is 2. The van der Waals surface area contributed by atoms with Gasteiger partial charge < -0.3 is 24.5 Å². The van der Waals surface area contributed by atoms with Crippen LogP contribution in [-0.4, -0.2) is 30.1 Å². The first-order valence-corrected chi connectivity index (χ1v) is 8.24. The minimum atomic E-state index is -0.353. The summed E-state index contributed by atoms with van der Waals surface area (Å²) in [5, 5.41) is 5.92. The fraction of sp³-hybridized carbons (Fsp3) is 0.211. The second-order valence-corrected chi connectivity index (χ2v) is 5.64. The fourth-order valence-corrected chi connectivity index (χ4v) is 2.47. The van der Waals surface area contributed by atoms with Crippen molar-refractivity contribution in [1.82, 2.24) is 9.97 Å². The quantitative estimate of drug-likeness (QED) is 0.660. The lowest BCUT2D eigenvalue weighted by Crippen LogP contribution is -2.16. The topological polar surface area (TPSA) is 98.5 Å². The lowest BCUT2D eigenvalue weighted by Gasteiger charge is -2.11. The number of rotatable bonds is 7. The molecule has 0 saturated carbocycles. The first-order chi connectivity index (χ1) is 13.1. The Kier molecular flexibility index (Phi) is 5.55. The predicted molar refractivity (Wildman–Crippen MR) is 100 cm³/mol. The van der Waals surface area contributed by atoms with Gasteiger partial charge in [-0.2, -0.15) is 0 Å². The third-order valence-corrected chi connectivity index (χ3v) is 3.74. The van der Waals surface area contributed by atoms with Gasteiger partial charge in [-0.3, -0.25) is 4.79 Å². The smallest absolute Gasteiger partial charge is 0.274 e. The molecule has 0 spiro atoms. The zero-order chi connectivity index (χ0) is 19.2. The molecule has 3 aromatic rings. The summed E-state index contributed by atoms with van der Waals surface area (Å²) < 4.78 is 15.7. The Morgan fingerprint density at radius 3 is 2.63 bits per heavy atom. The fourth-order valence-electron chi connectivity index (χ4n) is 2.47. The molecule has 8 heteroatoms. The molecule has 0 radical (unpaired) electrons. The maximum atomic E-state index is 12.6. The number of ether oxygens (including phenoxy) is 2. The van der Waals surface area contributed by atoms with E-state index in [-0.39, 0.29) is 11.6 Å². The van der Waals surface area contributed by atoms with Gasteiger partial charge in [0.25, 0.3) is 5.91 Å². The highest BCUT2D eigenvalue weighted by Crippen LogP contribution is 2.29. The lowest BCUT2D eigenvalue weighted by atomic mass is 10.2. The van der Waals surface area contributed by atoms with Gasteiger partial charge >= 0.3 is 0 Å². The molecule has 0 aliphatic heterocycles. The Hall–Kier alpha value is -3.55. The van der Waals surface area contributed by atoms with Gasteiger partial charge in [-0.1, -0.05) is 0 Å². The van der Waals surface area contributed by atoms with Crippen LogP contribution in [0.3, 0.4) is 0 Å². The highest BCUT2D eigenvalue weighted by atomic mass is 16.5. The van der Waals surface area contributed by atoms with Crippen molar-refractivity contribution in [3.63, 3.8) is 0 Å². The Morgan fingerprint density at radius 1 is 1.11 bits per heavy atom. The summed E-state index contributed by atoms with van der Waals surface area (Å²) in [7, 11) is 3.09. The highest BCUT2D eigenvalue weighted by Gasteiger charge is 2.13. The third kappa shape index (κ3) is 4.55. The van der Waals surface area contributed by atoms with Crippen molar-refractivity contribution in [2.45, 2.75) is 13.5 Å². The Morgan fingerprint density at radius 2 is 1.93 bits per heavy atom. The predicted octanol–water partition coefficient (Wildman–Crippen LogP) is 3.26. The average molecular weight is 368 g/mol. The molecule has 0 atom stereocenters. The Balaban J connectivity index is 1.74. The van der Waals surface area contributed by atoms with Gasteiger partial charge in [0.15, 0.2) is 11.5 Å². The molecule has 2 heterocycles. The van der Waals surface area contributed by atoms with Crippen molar-refractivity contribution in [2.75, 3.05) is 24.9 Å². The van der Waals surface area contributed by atoms with E-state index in [9.17, 15) is 4.79 Å². The van der Waals surface area contributed by atoms with Crippen LogP contribution in [0.5, 0.6) is 11.5 Å². The number of benzene rings is 1. The number of carbonyl (C=O) groups is 1. The van der Waals surface area contributed by atoms with Gasteiger partial charge in [-0.15, -0.1) is 0 Å². The molecular weight excluding hydrogens is 348 g/mol. The van der Waals surface area contributed by atoms with E-state index in [0.29, 0.717) is 35.4 Å². The van der Waals surface area contributed by atoms with Crippen LogP contribution >= 0.6 is 0 Å². The van der Waals surface area contributed by atoms with Gasteiger partial charge in [0.2, 0.25) is 0 Å². The minimum absolute atomic E-state index is 0.249.